The Kier molecular flexibility index (Phi) is 12.3. The maximum atomic E-state index is 6.01. The molecule has 0 unspecified atom stereocenters. The average molecular weight is 699 g/mol. The molecule has 270 valence electrons. The van der Waals surface area contributed by atoms with Gasteiger partial charge >= 0.3 is 0 Å². The van der Waals surface area contributed by atoms with Crippen molar-refractivity contribution in [2.45, 2.75) is 71.6 Å². The van der Waals surface area contributed by atoms with Crippen LogP contribution in [0.15, 0.2) is 109 Å². The minimum atomic E-state index is -0.0339. The molecule has 0 fully saturated rings. The number of anilines is 2. The molecule has 0 aromatic heterocycles. The first-order valence-electron chi connectivity index (χ1n) is 19.5. The highest BCUT2D eigenvalue weighted by Crippen LogP contribution is 2.54. The van der Waals surface area contributed by atoms with Crippen LogP contribution in [0.4, 0.5) is 11.4 Å². The van der Waals surface area contributed by atoms with Crippen molar-refractivity contribution >= 4 is 11.4 Å². The van der Waals surface area contributed by atoms with Crippen molar-refractivity contribution in [3.8, 4) is 40.6 Å². The van der Waals surface area contributed by atoms with Gasteiger partial charge in [-0.25, -0.2) is 0 Å². The van der Waals surface area contributed by atoms with Gasteiger partial charge in [0, 0.05) is 59.7 Å². The summed E-state index contributed by atoms with van der Waals surface area (Å²) in [6.45, 7) is 11.3. The Morgan fingerprint density at radius 1 is 0.566 bits per heavy atom. The van der Waals surface area contributed by atoms with E-state index in [1.165, 1.54) is 64.9 Å². The number of aryl methyl sites for hydroxylation is 1. The molecule has 0 amide bonds. The molecule has 3 heteroatoms. The van der Waals surface area contributed by atoms with E-state index in [0.717, 1.165) is 53.9 Å². The fourth-order valence-electron chi connectivity index (χ4n) is 7.54. The van der Waals surface area contributed by atoms with Gasteiger partial charge in [-0.15, -0.1) is 0 Å². The maximum absolute atomic E-state index is 6.01. The Balaban J connectivity index is 1.24. The highest BCUT2D eigenvalue weighted by molar-refractivity contribution is 5.82. The van der Waals surface area contributed by atoms with E-state index >= 15 is 0 Å². The fraction of sp³-hybridized carbons (Fsp3) is 0.320. The number of hydrogen-bond acceptors (Lipinski definition) is 3. The molecule has 0 spiro atoms. The van der Waals surface area contributed by atoms with Gasteiger partial charge in [-0.05, 0) is 134 Å². The summed E-state index contributed by atoms with van der Waals surface area (Å²) in [7, 11) is 4.13. The van der Waals surface area contributed by atoms with Crippen molar-refractivity contribution in [1.82, 2.24) is 0 Å². The van der Waals surface area contributed by atoms with Crippen LogP contribution >= 0.6 is 0 Å². The summed E-state index contributed by atoms with van der Waals surface area (Å²) < 4.78 is 6.01. The summed E-state index contributed by atoms with van der Waals surface area (Å²) in [6, 6.07) is 39.2. The lowest BCUT2D eigenvalue weighted by atomic mass is 9.70. The summed E-state index contributed by atoms with van der Waals surface area (Å²) >= 11 is 0. The number of hydrogen-bond donors (Lipinski definition) is 0. The summed E-state index contributed by atoms with van der Waals surface area (Å²) in [5.41, 5.74) is 13.4. The average Bonchev–Trinajstić information content (AvgIpc) is 3.45. The summed E-state index contributed by atoms with van der Waals surface area (Å²) in [6.07, 6.45) is 6.98. The van der Waals surface area contributed by atoms with Gasteiger partial charge in [0.15, 0.2) is 0 Å². The van der Waals surface area contributed by atoms with Crippen LogP contribution in [0.3, 0.4) is 0 Å². The van der Waals surface area contributed by atoms with Gasteiger partial charge in [0.25, 0.3) is 0 Å². The molecule has 0 saturated carbocycles. The zero-order valence-electron chi connectivity index (χ0n) is 32.6. The standard InChI is InChI=1S/C50H54N2O/c1-7-10-32-50(33-11-8-2)48-36-41(16-14-39-18-24-43(25-19-39)51(5)6)22-30-46(48)47-31-23-42(37-49(47)50)17-15-40-20-26-44(27-21-40)52(9-3)34-35-53-45-28-12-38(4)13-29-45/h12-13,18-31,36-37H,7-11,32-35H2,1-6H3. The molecular formula is C50H54N2O. The second-order valence-corrected chi connectivity index (χ2v) is 14.5. The van der Waals surface area contributed by atoms with E-state index in [2.05, 4.69) is 172 Å². The SMILES string of the molecule is CCCCC1(CCCC)c2cc(C#Cc3ccc(N(C)C)cc3)ccc2-c2ccc(C#Cc3ccc(N(CC)CCOc4ccc(C)cc4)cc3)cc21. The lowest BCUT2D eigenvalue weighted by molar-refractivity contribution is 0.324. The molecule has 53 heavy (non-hydrogen) atoms. The summed E-state index contributed by atoms with van der Waals surface area (Å²) in [5, 5.41) is 0. The molecule has 0 radical (unpaired) electrons. The molecule has 5 aromatic carbocycles. The smallest absolute Gasteiger partial charge is 0.119 e. The fourth-order valence-corrected chi connectivity index (χ4v) is 7.54. The lowest BCUT2D eigenvalue weighted by Gasteiger charge is -2.33. The first-order valence-corrected chi connectivity index (χ1v) is 19.5. The van der Waals surface area contributed by atoms with Crippen molar-refractivity contribution < 1.29 is 4.74 Å². The van der Waals surface area contributed by atoms with Gasteiger partial charge in [0.2, 0.25) is 0 Å². The maximum Gasteiger partial charge on any atom is 0.119 e. The van der Waals surface area contributed by atoms with E-state index in [-0.39, 0.29) is 5.41 Å². The molecule has 5 aromatic rings. The molecule has 0 bridgehead atoms. The number of rotatable bonds is 13. The number of fused-ring (bicyclic) bond motifs is 3. The van der Waals surface area contributed by atoms with Gasteiger partial charge in [0.1, 0.15) is 12.4 Å². The third kappa shape index (κ3) is 8.81. The van der Waals surface area contributed by atoms with Crippen LogP contribution < -0.4 is 14.5 Å². The third-order valence-electron chi connectivity index (χ3n) is 10.6. The number of benzene rings is 5. The van der Waals surface area contributed by atoms with E-state index in [1.807, 2.05) is 12.1 Å². The number of unbranched alkanes of at least 4 members (excludes halogenated alkanes) is 2. The minimum absolute atomic E-state index is 0.0339. The largest absolute Gasteiger partial charge is 0.492 e. The second-order valence-electron chi connectivity index (χ2n) is 14.5. The summed E-state index contributed by atoms with van der Waals surface area (Å²) in [4.78, 5) is 4.46. The van der Waals surface area contributed by atoms with Crippen LogP contribution in [0.25, 0.3) is 11.1 Å². The number of nitrogens with zero attached hydrogens (tertiary/aromatic N) is 2. The van der Waals surface area contributed by atoms with Crippen LogP contribution in [0, 0.1) is 30.6 Å². The van der Waals surface area contributed by atoms with Crippen LogP contribution in [0.2, 0.25) is 0 Å². The number of likely N-dealkylation sites (N-methyl/N-ethyl adjacent to an activating group) is 1. The van der Waals surface area contributed by atoms with Crippen molar-refractivity contribution in [2.75, 3.05) is 43.6 Å². The van der Waals surface area contributed by atoms with E-state index < -0.39 is 0 Å². The van der Waals surface area contributed by atoms with Crippen LogP contribution in [-0.4, -0.2) is 33.8 Å². The number of ether oxygens (including phenoxy) is 1. The van der Waals surface area contributed by atoms with Crippen molar-refractivity contribution in [1.29, 1.82) is 0 Å². The van der Waals surface area contributed by atoms with Gasteiger partial charge in [-0.3, -0.25) is 0 Å². The molecule has 1 aliphatic rings. The molecule has 6 rings (SSSR count). The molecular weight excluding hydrogens is 645 g/mol. The van der Waals surface area contributed by atoms with Crippen LogP contribution in [0.5, 0.6) is 5.75 Å². The Labute approximate surface area is 319 Å². The van der Waals surface area contributed by atoms with Crippen molar-refractivity contribution in [3.05, 3.63) is 148 Å². The molecule has 0 atom stereocenters. The highest BCUT2D eigenvalue weighted by atomic mass is 16.5. The first kappa shape index (κ1) is 37.4. The van der Waals surface area contributed by atoms with Gasteiger partial charge in [-0.2, -0.15) is 0 Å². The summed E-state index contributed by atoms with van der Waals surface area (Å²) in [5.74, 6) is 14.9. The normalized spacial score (nSPS) is 12.1. The quantitative estimate of drug-likeness (QED) is 0.114. The van der Waals surface area contributed by atoms with Crippen molar-refractivity contribution in [2.24, 2.45) is 0 Å². The highest BCUT2D eigenvalue weighted by Gasteiger charge is 2.42. The minimum Gasteiger partial charge on any atom is -0.492 e. The molecule has 0 saturated heterocycles. The van der Waals surface area contributed by atoms with E-state index in [0.29, 0.717) is 6.61 Å². The van der Waals surface area contributed by atoms with E-state index in [4.69, 9.17) is 4.74 Å². The Hall–Kier alpha value is -5.38. The first-order chi connectivity index (χ1) is 25.8. The van der Waals surface area contributed by atoms with Gasteiger partial charge < -0.3 is 14.5 Å². The topological polar surface area (TPSA) is 15.7 Å². The molecule has 1 aliphatic carbocycles. The molecule has 3 nitrogen and oxygen atoms in total. The van der Waals surface area contributed by atoms with Crippen LogP contribution in [0.1, 0.15) is 98.2 Å². The van der Waals surface area contributed by atoms with Crippen molar-refractivity contribution in [3.63, 3.8) is 0 Å². The third-order valence-corrected chi connectivity index (χ3v) is 10.6. The predicted molar refractivity (Wildman–Crippen MR) is 225 cm³/mol. The Morgan fingerprint density at radius 2 is 1.04 bits per heavy atom. The Morgan fingerprint density at radius 3 is 1.51 bits per heavy atom. The van der Waals surface area contributed by atoms with E-state index in [9.17, 15) is 0 Å². The second kappa shape index (κ2) is 17.4. The van der Waals surface area contributed by atoms with Gasteiger partial charge in [0.05, 0.1) is 6.54 Å². The Bertz CT molecular complexity index is 2090. The zero-order valence-corrected chi connectivity index (χ0v) is 32.6. The van der Waals surface area contributed by atoms with E-state index in [1.54, 1.807) is 0 Å². The van der Waals surface area contributed by atoms with Crippen LogP contribution in [-0.2, 0) is 5.41 Å². The lowest BCUT2D eigenvalue weighted by Crippen LogP contribution is -2.28. The monoisotopic (exact) mass is 698 g/mol. The molecule has 0 N–H and O–H groups in total. The predicted octanol–water partition coefficient (Wildman–Crippen LogP) is 11.4. The zero-order chi connectivity index (χ0) is 37.2. The van der Waals surface area contributed by atoms with Gasteiger partial charge in [-0.1, -0.05) is 93.0 Å². The molecule has 0 aliphatic heterocycles. The molecule has 0 heterocycles.